The highest BCUT2D eigenvalue weighted by molar-refractivity contribution is 6.15. The molecular formula is C28H20O6. The molecule has 34 heavy (non-hydrogen) atoms. The molecule has 3 aromatic carbocycles. The van der Waals surface area contributed by atoms with E-state index in [9.17, 15) is 9.59 Å². The monoisotopic (exact) mass is 452 g/mol. The van der Waals surface area contributed by atoms with Gasteiger partial charge in [0.25, 0.3) is 0 Å². The molecule has 0 N–H and O–H groups in total. The van der Waals surface area contributed by atoms with E-state index < -0.39 is 0 Å². The number of ether oxygens (including phenoxy) is 4. The molecule has 0 spiro atoms. The molecule has 0 aromatic heterocycles. The van der Waals surface area contributed by atoms with Gasteiger partial charge in [-0.05, 0) is 42.0 Å². The fourth-order valence-electron chi connectivity index (χ4n) is 4.68. The third-order valence-electron chi connectivity index (χ3n) is 6.31. The van der Waals surface area contributed by atoms with Gasteiger partial charge in [0.15, 0.2) is 5.76 Å². The summed E-state index contributed by atoms with van der Waals surface area (Å²) in [6.07, 6.45) is 3.87. The van der Waals surface area contributed by atoms with Crippen molar-refractivity contribution >= 4 is 23.9 Å². The van der Waals surface area contributed by atoms with Crippen LogP contribution in [0.3, 0.4) is 0 Å². The summed E-state index contributed by atoms with van der Waals surface area (Å²) in [6, 6.07) is 18.5. The van der Waals surface area contributed by atoms with E-state index in [1.165, 1.54) is 0 Å². The van der Waals surface area contributed by atoms with Crippen LogP contribution in [0.15, 0.2) is 72.0 Å². The van der Waals surface area contributed by atoms with Crippen molar-refractivity contribution in [2.45, 2.75) is 12.3 Å². The standard InChI is InChI=1S/C28H20O6/c1-31-21-8-4-2-7-17(21)13-24-27(30)19-10-11-23-26(28(19)34-24)20(14-25(29)33-23)18-12-16-6-3-5-9-22(16)32-15-18/h2-13,20H,14-15H2,1H3. The Morgan fingerprint density at radius 3 is 2.65 bits per heavy atom. The van der Waals surface area contributed by atoms with Crippen LogP contribution in [0.1, 0.15) is 39.4 Å². The number of hydrogen-bond donors (Lipinski definition) is 0. The molecule has 3 aliphatic heterocycles. The van der Waals surface area contributed by atoms with Crippen LogP contribution >= 0.6 is 0 Å². The zero-order valence-electron chi connectivity index (χ0n) is 18.4. The SMILES string of the molecule is COc1ccccc1C=C1Oc2c(ccc3c2C(C2=Cc4ccccc4OC2)CC(=O)O3)C1=O. The van der Waals surface area contributed by atoms with Crippen LogP contribution < -0.4 is 18.9 Å². The average molecular weight is 452 g/mol. The van der Waals surface area contributed by atoms with Crippen LogP contribution in [0.2, 0.25) is 0 Å². The smallest absolute Gasteiger partial charge is 0.312 e. The third kappa shape index (κ3) is 3.27. The molecule has 1 unspecified atom stereocenters. The van der Waals surface area contributed by atoms with Crippen LogP contribution in [-0.2, 0) is 4.79 Å². The maximum Gasteiger partial charge on any atom is 0.312 e. The second kappa shape index (κ2) is 7.92. The highest BCUT2D eigenvalue weighted by atomic mass is 16.5. The Morgan fingerprint density at radius 2 is 1.76 bits per heavy atom. The summed E-state index contributed by atoms with van der Waals surface area (Å²) in [4.78, 5) is 25.7. The minimum absolute atomic E-state index is 0.143. The quantitative estimate of drug-likeness (QED) is 0.310. The van der Waals surface area contributed by atoms with Crippen LogP contribution in [0, 0.1) is 0 Å². The highest BCUT2D eigenvalue weighted by Crippen LogP contribution is 2.50. The first kappa shape index (κ1) is 20.3. The molecule has 6 nitrogen and oxygen atoms in total. The summed E-state index contributed by atoms with van der Waals surface area (Å²) >= 11 is 0. The van der Waals surface area contributed by atoms with Crippen LogP contribution in [0.4, 0.5) is 0 Å². The maximum atomic E-state index is 13.2. The lowest BCUT2D eigenvalue weighted by Gasteiger charge is -2.30. The lowest BCUT2D eigenvalue weighted by molar-refractivity contribution is -0.135. The number of carbonyl (C=O) groups is 2. The Hall–Kier alpha value is -4.32. The highest BCUT2D eigenvalue weighted by Gasteiger charge is 2.39. The Bertz CT molecular complexity index is 1410. The maximum absolute atomic E-state index is 13.2. The third-order valence-corrected chi connectivity index (χ3v) is 6.31. The number of benzene rings is 3. The molecule has 168 valence electrons. The van der Waals surface area contributed by atoms with Gasteiger partial charge < -0.3 is 18.9 Å². The fourth-order valence-corrected chi connectivity index (χ4v) is 4.68. The van der Waals surface area contributed by atoms with Crippen molar-refractivity contribution in [3.8, 4) is 23.0 Å². The molecular weight excluding hydrogens is 432 g/mol. The molecule has 1 atom stereocenters. The van der Waals surface area contributed by atoms with Crippen LogP contribution in [0.5, 0.6) is 23.0 Å². The lowest BCUT2D eigenvalue weighted by atomic mass is 9.83. The van der Waals surface area contributed by atoms with Crippen molar-refractivity contribution < 1.29 is 28.5 Å². The number of methoxy groups -OCH3 is 1. The van der Waals surface area contributed by atoms with Crippen LogP contribution in [0.25, 0.3) is 12.2 Å². The predicted molar refractivity (Wildman–Crippen MR) is 125 cm³/mol. The minimum Gasteiger partial charge on any atom is -0.496 e. The Balaban J connectivity index is 1.44. The number of carbonyl (C=O) groups excluding carboxylic acids is 2. The summed E-state index contributed by atoms with van der Waals surface area (Å²) in [6.45, 7) is 0.343. The van der Waals surface area contributed by atoms with E-state index in [0.29, 0.717) is 35.0 Å². The summed E-state index contributed by atoms with van der Waals surface area (Å²) in [7, 11) is 1.58. The minimum atomic E-state index is -0.327. The molecule has 0 fully saturated rings. The van der Waals surface area contributed by atoms with Crippen molar-refractivity contribution in [3.63, 3.8) is 0 Å². The van der Waals surface area contributed by atoms with Gasteiger partial charge in [-0.25, -0.2) is 0 Å². The molecule has 0 saturated heterocycles. The number of para-hydroxylation sites is 2. The Kier molecular flexibility index (Phi) is 4.73. The number of hydrogen-bond acceptors (Lipinski definition) is 6. The van der Waals surface area contributed by atoms with Gasteiger partial charge in [0.2, 0.25) is 5.78 Å². The molecule has 3 heterocycles. The van der Waals surface area contributed by atoms with E-state index in [4.69, 9.17) is 18.9 Å². The van der Waals surface area contributed by atoms with Gasteiger partial charge in [-0.3, -0.25) is 9.59 Å². The van der Waals surface area contributed by atoms with Gasteiger partial charge in [-0.2, -0.15) is 0 Å². The van der Waals surface area contributed by atoms with E-state index in [1.807, 2.05) is 54.6 Å². The van der Waals surface area contributed by atoms with Gasteiger partial charge in [-0.1, -0.05) is 36.4 Å². The molecule has 0 radical (unpaired) electrons. The average Bonchev–Trinajstić information content (AvgIpc) is 3.18. The van der Waals surface area contributed by atoms with Gasteiger partial charge in [0.05, 0.1) is 19.1 Å². The summed E-state index contributed by atoms with van der Waals surface area (Å²) < 4.78 is 23.0. The second-order valence-electron chi connectivity index (χ2n) is 8.31. The van der Waals surface area contributed by atoms with Gasteiger partial charge in [0, 0.05) is 22.6 Å². The van der Waals surface area contributed by atoms with E-state index in [1.54, 1.807) is 25.3 Å². The molecule has 0 amide bonds. The summed E-state index contributed by atoms with van der Waals surface area (Å²) in [5, 5.41) is 0. The van der Waals surface area contributed by atoms with Crippen LogP contribution in [-0.4, -0.2) is 25.5 Å². The van der Waals surface area contributed by atoms with Gasteiger partial charge in [0.1, 0.15) is 29.6 Å². The molecule has 3 aromatic rings. The molecule has 0 bridgehead atoms. The van der Waals surface area contributed by atoms with Gasteiger partial charge >= 0.3 is 5.97 Å². The number of allylic oxidation sites excluding steroid dienone is 1. The first-order valence-electron chi connectivity index (χ1n) is 11.0. The van der Waals surface area contributed by atoms with Gasteiger partial charge in [-0.15, -0.1) is 0 Å². The van der Waals surface area contributed by atoms with Crippen molar-refractivity contribution in [2.75, 3.05) is 13.7 Å². The number of esters is 1. The van der Waals surface area contributed by atoms with Crippen molar-refractivity contribution in [1.82, 2.24) is 0 Å². The van der Waals surface area contributed by atoms with E-state index in [-0.39, 0.29) is 29.9 Å². The van der Waals surface area contributed by atoms with E-state index in [0.717, 1.165) is 22.4 Å². The molecule has 0 aliphatic carbocycles. The normalized spacial score (nSPS) is 19.3. The molecule has 3 aliphatic rings. The lowest BCUT2D eigenvalue weighted by Crippen LogP contribution is -2.24. The van der Waals surface area contributed by atoms with Crippen molar-refractivity contribution in [3.05, 3.63) is 94.2 Å². The number of fused-ring (bicyclic) bond motifs is 4. The molecule has 6 rings (SSSR count). The first-order valence-corrected chi connectivity index (χ1v) is 11.0. The largest absolute Gasteiger partial charge is 0.496 e. The Morgan fingerprint density at radius 1 is 0.941 bits per heavy atom. The van der Waals surface area contributed by atoms with Crippen molar-refractivity contribution in [2.24, 2.45) is 0 Å². The first-order chi connectivity index (χ1) is 16.6. The molecule has 0 saturated carbocycles. The summed E-state index contributed by atoms with van der Waals surface area (Å²) in [5.74, 6) is 1.61. The van der Waals surface area contributed by atoms with Crippen molar-refractivity contribution in [1.29, 1.82) is 0 Å². The second-order valence-corrected chi connectivity index (χ2v) is 8.31. The topological polar surface area (TPSA) is 71.1 Å². The zero-order chi connectivity index (χ0) is 23.2. The summed E-state index contributed by atoms with van der Waals surface area (Å²) in [5.41, 5.74) is 3.76. The number of rotatable bonds is 3. The Labute approximate surface area is 196 Å². The predicted octanol–water partition coefficient (Wildman–Crippen LogP) is 5.18. The number of Topliss-reactive ketones (excluding diaryl/α,β-unsaturated/α-hetero) is 1. The van der Waals surface area contributed by atoms with E-state index in [2.05, 4.69) is 0 Å². The zero-order valence-corrected chi connectivity index (χ0v) is 18.4. The number of ketones is 1. The van der Waals surface area contributed by atoms with E-state index >= 15 is 0 Å². The fraction of sp³-hybridized carbons (Fsp3) is 0.143. The molecule has 6 heteroatoms.